The van der Waals surface area contributed by atoms with Gasteiger partial charge in [-0.25, -0.2) is 8.42 Å². The number of fused-ring (bicyclic) bond motifs is 1. The van der Waals surface area contributed by atoms with Gasteiger partial charge in [-0.2, -0.15) is 0 Å². The first-order valence-corrected chi connectivity index (χ1v) is 9.26. The number of carbonyl (C=O) groups is 1. The van der Waals surface area contributed by atoms with Crippen molar-refractivity contribution in [3.8, 4) is 5.75 Å². The van der Waals surface area contributed by atoms with Gasteiger partial charge in [0.05, 0.1) is 17.9 Å². The van der Waals surface area contributed by atoms with Crippen LogP contribution in [0.3, 0.4) is 0 Å². The minimum Gasteiger partial charge on any atom is -0.491 e. The Morgan fingerprint density at radius 1 is 1.21 bits per heavy atom. The summed E-state index contributed by atoms with van der Waals surface area (Å²) in [5.74, 6) is -0.0750. The molecule has 2 aromatic rings. The second kappa shape index (κ2) is 6.70. The monoisotopic (exact) mass is 366 g/mol. The summed E-state index contributed by atoms with van der Waals surface area (Å²) >= 11 is 5.87. The molecule has 0 radical (unpaired) electrons. The predicted octanol–water partition coefficient (Wildman–Crippen LogP) is 2.40. The third kappa shape index (κ3) is 3.98. The zero-order valence-electron chi connectivity index (χ0n) is 12.6. The van der Waals surface area contributed by atoms with E-state index in [9.17, 15) is 13.2 Å². The topological polar surface area (TPSA) is 84.5 Å². The Hall–Kier alpha value is -2.25. The number of hydrogen-bond acceptors (Lipinski definition) is 4. The van der Waals surface area contributed by atoms with E-state index in [2.05, 4.69) is 10.0 Å². The third-order valence-corrected chi connectivity index (χ3v) is 4.88. The molecule has 0 spiro atoms. The number of nitrogens with one attached hydrogen (secondary N) is 2. The van der Waals surface area contributed by atoms with E-state index in [1.165, 1.54) is 6.07 Å². The summed E-state index contributed by atoms with van der Waals surface area (Å²) in [7, 11) is -3.64. The van der Waals surface area contributed by atoms with Crippen molar-refractivity contribution < 1.29 is 17.9 Å². The molecule has 24 heavy (non-hydrogen) atoms. The molecule has 126 valence electrons. The summed E-state index contributed by atoms with van der Waals surface area (Å²) in [6, 6.07) is 11.3. The van der Waals surface area contributed by atoms with Gasteiger partial charge in [-0.3, -0.25) is 9.52 Å². The van der Waals surface area contributed by atoms with Gasteiger partial charge in [0.2, 0.25) is 10.0 Å². The van der Waals surface area contributed by atoms with Crippen molar-refractivity contribution in [2.24, 2.45) is 0 Å². The van der Waals surface area contributed by atoms with Crippen LogP contribution in [0.1, 0.15) is 15.9 Å². The number of amides is 1. The number of carbonyl (C=O) groups excluding carboxylic acids is 1. The molecule has 0 bridgehead atoms. The molecule has 2 aromatic carbocycles. The van der Waals surface area contributed by atoms with Crippen LogP contribution in [0.2, 0.25) is 5.02 Å². The summed E-state index contributed by atoms with van der Waals surface area (Å²) < 4.78 is 32.5. The molecule has 2 N–H and O–H groups in total. The summed E-state index contributed by atoms with van der Waals surface area (Å²) in [5, 5.41) is 3.15. The maximum Gasteiger partial charge on any atom is 0.255 e. The number of rotatable bonds is 4. The maximum absolute atomic E-state index is 12.3. The lowest BCUT2D eigenvalue weighted by atomic mass is 10.1. The number of benzene rings is 2. The molecule has 3 rings (SSSR count). The Morgan fingerprint density at radius 2 is 2.04 bits per heavy atom. The van der Waals surface area contributed by atoms with E-state index in [1.54, 1.807) is 36.4 Å². The quantitative estimate of drug-likeness (QED) is 0.870. The number of ether oxygens (including phenoxy) is 1. The fourth-order valence-electron chi connectivity index (χ4n) is 2.38. The van der Waals surface area contributed by atoms with Crippen LogP contribution in [-0.2, 0) is 15.8 Å². The first kappa shape index (κ1) is 16.6. The molecule has 0 saturated carbocycles. The molecular formula is C16H15ClN2O4S. The molecule has 1 amide bonds. The first-order chi connectivity index (χ1) is 11.4. The fourth-order valence-corrected chi connectivity index (χ4v) is 3.77. The van der Waals surface area contributed by atoms with Gasteiger partial charge in [0.15, 0.2) is 0 Å². The Bertz CT molecular complexity index is 883. The highest BCUT2D eigenvalue weighted by Gasteiger charge is 2.19. The average molecular weight is 367 g/mol. The predicted molar refractivity (Wildman–Crippen MR) is 92.0 cm³/mol. The van der Waals surface area contributed by atoms with Crippen molar-refractivity contribution in [3.05, 3.63) is 58.6 Å². The van der Waals surface area contributed by atoms with Crippen LogP contribution < -0.4 is 14.8 Å². The highest BCUT2D eigenvalue weighted by molar-refractivity contribution is 7.91. The average Bonchev–Trinajstić information content (AvgIpc) is 2.68. The Balaban J connectivity index is 1.81. The van der Waals surface area contributed by atoms with Crippen molar-refractivity contribution in [2.75, 3.05) is 17.9 Å². The van der Waals surface area contributed by atoms with E-state index in [1.807, 2.05) is 0 Å². The Kier molecular flexibility index (Phi) is 4.64. The first-order valence-electron chi connectivity index (χ1n) is 7.23. The summed E-state index contributed by atoms with van der Waals surface area (Å²) in [4.78, 5) is 12.0. The summed E-state index contributed by atoms with van der Waals surface area (Å²) in [6.07, 6.45) is 0. The maximum atomic E-state index is 12.3. The van der Waals surface area contributed by atoms with Crippen LogP contribution >= 0.6 is 11.6 Å². The molecule has 0 fully saturated rings. The lowest BCUT2D eigenvalue weighted by Crippen LogP contribution is -2.24. The molecule has 0 atom stereocenters. The SMILES string of the molecule is O=C1NCCOc2ccc(NS(=O)(=O)Cc3cccc(Cl)c3)cc21. The van der Waals surface area contributed by atoms with Gasteiger partial charge in [0.25, 0.3) is 5.91 Å². The van der Waals surface area contributed by atoms with E-state index >= 15 is 0 Å². The van der Waals surface area contributed by atoms with Gasteiger partial charge in [-0.05, 0) is 35.9 Å². The van der Waals surface area contributed by atoms with E-state index in [-0.39, 0.29) is 11.7 Å². The highest BCUT2D eigenvalue weighted by atomic mass is 35.5. The molecule has 1 aliphatic heterocycles. The number of halogens is 1. The third-order valence-electron chi connectivity index (χ3n) is 3.39. The van der Waals surface area contributed by atoms with Gasteiger partial charge < -0.3 is 10.1 Å². The smallest absolute Gasteiger partial charge is 0.255 e. The van der Waals surface area contributed by atoms with Crippen LogP contribution in [0.25, 0.3) is 0 Å². The molecule has 0 aromatic heterocycles. The summed E-state index contributed by atoms with van der Waals surface area (Å²) in [5.41, 5.74) is 1.18. The number of hydrogen-bond donors (Lipinski definition) is 2. The fraction of sp³-hybridized carbons (Fsp3) is 0.188. The minimum absolute atomic E-state index is 0.215. The molecule has 1 heterocycles. The molecule has 0 aliphatic carbocycles. The molecule has 0 saturated heterocycles. The molecule has 8 heteroatoms. The van der Waals surface area contributed by atoms with E-state index in [0.717, 1.165) is 0 Å². The van der Waals surface area contributed by atoms with E-state index in [0.29, 0.717) is 40.7 Å². The Morgan fingerprint density at radius 3 is 2.83 bits per heavy atom. The van der Waals surface area contributed by atoms with Crippen LogP contribution in [0.4, 0.5) is 5.69 Å². The lowest BCUT2D eigenvalue weighted by Gasteiger charge is -2.11. The highest BCUT2D eigenvalue weighted by Crippen LogP contribution is 2.25. The standard InChI is InChI=1S/C16H15ClN2O4S/c17-12-3-1-2-11(8-12)10-24(21,22)19-13-4-5-15-14(9-13)16(20)18-6-7-23-15/h1-5,8-9,19H,6-7,10H2,(H,18,20). The van der Waals surface area contributed by atoms with Gasteiger partial charge in [0, 0.05) is 10.7 Å². The van der Waals surface area contributed by atoms with Crippen LogP contribution in [-0.4, -0.2) is 27.5 Å². The van der Waals surface area contributed by atoms with Crippen molar-refractivity contribution in [1.29, 1.82) is 0 Å². The summed E-state index contributed by atoms with van der Waals surface area (Å²) in [6.45, 7) is 0.780. The zero-order valence-corrected chi connectivity index (χ0v) is 14.2. The van der Waals surface area contributed by atoms with Gasteiger partial charge in [-0.1, -0.05) is 23.7 Å². The molecule has 1 aliphatic rings. The molecule has 6 nitrogen and oxygen atoms in total. The van der Waals surface area contributed by atoms with Crippen LogP contribution in [0.5, 0.6) is 5.75 Å². The molecular weight excluding hydrogens is 352 g/mol. The van der Waals surface area contributed by atoms with Gasteiger partial charge in [-0.15, -0.1) is 0 Å². The second-order valence-corrected chi connectivity index (χ2v) is 7.47. The van der Waals surface area contributed by atoms with Crippen molar-refractivity contribution in [3.63, 3.8) is 0 Å². The van der Waals surface area contributed by atoms with Crippen molar-refractivity contribution in [1.82, 2.24) is 5.32 Å². The molecule has 0 unspecified atom stereocenters. The van der Waals surface area contributed by atoms with E-state index < -0.39 is 10.0 Å². The number of anilines is 1. The lowest BCUT2D eigenvalue weighted by molar-refractivity contribution is 0.0957. The van der Waals surface area contributed by atoms with Crippen LogP contribution in [0, 0.1) is 0 Å². The van der Waals surface area contributed by atoms with E-state index in [4.69, 9.17) is 16.3 Å². The number of sulfonamides is 1. The minimum atomic E-state index is -3.64. The van der Waals surface area contributed by atoms with Crippen LogP contribution in [0.15, 0.2) is 42.5 Å². The van der Waals surface area contributed by atoms with Gasteiger partial charge >= 0.3 is 0 Å². The van der Waals surface area contributed by atoms with Crippen molar-refractivity contribution >= 4 is 33.2 Å². The zero-order chi connectivity index (χ0) is 17.2. The normalized spacial score (nSPS) is 14.1. The van der Waals surface area contributed by atoms with Gasteiger partial charge in [0.1, 0.15) is 12.4 Å². The Labute approximate surface area is 144 Å². The second-order valence-electron chi connectivity index (χ2n) is 5.31. The largest absolute Gasteiger partial charge is 0.491 e. The van der Waals surface area contributed by atoms with Crippen molar-refractivity contribution in [2.45, 2.75) is 5.75 Å².